The lowest BCUT2D eigenvalue weighted by molar-refractivity contribution is -0.127. The first kappa shape index (κ1) is 18.8. The minimum Gasteiger partial charge on any atom is -0.496 e. The van der Waals surface area contributed by atoms with E-state index in [9.17, 15) is 4.79 Å². The van der Waals surface area contributed by atoms with E-state index in [0.717, 1.165) is 15.4 Å². The molecule has 6 nitrogen and oxygen atoms in total. The van der Waals surface area contributed by atoms with Crippen LogP contribution in [0.4, 0.5) is 0 Å². The number of nitrogens with zero attached hydrogens (tertiary/aromatic N) is 2. The first-order chi connectivity index (χ1) is 13.1. The highest BCUT2D eigenvalue weighted by Crippen LogP contribution is 2.24. The van der Waals surface area contributed by atoms with Crippen LogP contribution in [0.1, 0.15) is 12.5 Å². The molecule has 3 rings (SSSR count). The van der Waals surface area contributed by atoms with Gasteiger partial charge >= 0.3 is 0 Å². The third-order valence-corrected chi connectivity index (χ3v) is 4.33. The predicted octanol–water partition coefficient (Wildman–Crippen LogP) is 3.92. The number of hydrogen-bond acceptors (Lipinski definition) is 5. The molecule has 0 fully saturated rings. The van der Waals surface area contributed by atoms with Crippen LogP contribution in [0.5, 0.6) is 11.5 Å². The molecule has 3 aromatic rings. The Bertz CT molecular complexity index is 986. The largest absolute Gasteiger partial charge is 0.496 e. The number of pyridine rings is 1. The summed E-state index contributed by atoms with van der Waals surface area (Å²) in [4.78, 5) is 16.6. The van der Waals surface area contributed by atoms with Crippen molar-refractivity contribution in [1.82, 2.24) is 10.4 Å². The van der Waals surface area contributed by atoms with Crippen molar-refractivity contribution in [1.29, 1.82) is 0 Å². The van der Waals surface area contributed by atoms with E-state index in [1.54, 1.807) is 26.3 Å². The number of amides is 1. The summed E-state index contributed by atoms with van der Waals surface area (Å²) in [5, 5.41) is 4.94. The van der Waals surface area contributed by atoms with E-state index >= 15 is 0 Å². The fraction of sp³-hybridized carbons (Fsp3) is 0.150. The van der Waals surface area contributed by atoms with Crippen LogP contribution in [-0.4, -0.2) is 30.3 Å². The Kier molecular flexibility index (Phi) is 6.03. The molecular formula is C20H18BrN3O3. The molecule has 0 saturated heterocycles. The summed E-state index contributed by atoms with van der Waals surface area (Å²) in [5.74, 6) is 0.837. The van der Waals surface area contributed by atoms with Gasteiger partial charge in [0.25, 0.3) is 5.91 Å². The molecule has 0 aliphatic heterocycles. The van der Waals surface area contributed by atoms with Crippen molar-refractivity contribution in [3.05, 3.63) is 64.8 Å². The zero-order valence-electron chi connectivity index (χ0n) is 14.8. The van der Waals surface area contributed by atoms with Crippen LogP contribution in [0.2, 0.25) is 0 Å². The van der Waals surface area contributed by atoms with Crippen LogP contribution >= 0.6 is 15.9 Å². The lowest BCUT2D eigenvalue weighted by atomic mass is 10.2. The van der Waals surface area contributed by atoms with Crippen LogP contribution < -0.4 is 14.9 Å². The molecule has 0 bridgehead atoms. The third-order valence-electron chi connectivity index (χ3n) is 3.84. The second kappa shape index (κ2) is 8.64. The number of hydrazone groups is 1. The van der Waals surface area contributed by atoms with Crippen molar-refractivity contribution in [2.75, 3.05) is 7.11 Å². The quantitative estimate of drug-likeness (QED) is 0.477. The molecule has 1 atom stereocenters. The Balaban J connectivity index is 1.67. The lowest BCUT2D eigenvalue weighted by Crippen LogP contribution is -2.33. The van der Waals surface area contributed by atoms with E-state index in [1.165, 1.54) is 6.21 Å². The summed E-state index contributed by atoms with van der Waals surface area (Å²) in [6.45, 7) is 1.66. The first-order valence-corrected chi connectivity index (χ1v) is 9.04. The van der Waals surface area contributed by atoms with Gasteiger partial charge in [0.15, 0.2) is 6.10 Å². The van der Waals surface area contributed by atoms with Gasteiger partial charge in [-0.15, -0.1) is 0 Å². The van der Waals surface area contributed by atoms with Crippen LogP contribution in [-0.2, 0) is 4.79 Å². The minimum absolute atomic E-state index is 0.367. The summed E-state index contributed by atoms with van der Waals surface area (Å²) < 4.78 is 11.9. The molecule has 0 radical (unpaired) electrons. The number of para-hydroxylation sites is 1. The zero-order chi connectivity index (χ0) is 19.2. The monoisotopic (exact) mass is 427 g/mol. The number of halogens is 1. The Labute approximate surface area is 165 Å². The standard InChI is InChI=1S/C20H18BrN3O3/c1-13(27-18-7-3-5-14-6-4-10-22-19(14)18)20(25)24-23-12-15-11-16(21)8-9-17(15)26-2/h3-13H,1-2H3,(H,24,25). The van der Waals surface area contributed by atoms with E-state index in [1.807, 2.05) is 42.5 Å². The van der Waals surface area contributed by atoms with Gasteiger partial charge < -0.3 is 9.47 Å². The average Bonchev–Trinajstić information content (AvgIpc) is 2.68. The summed E-state index contributed by atoms with van der Waals surface area (Å²) in [6, 6.07) is 14.9. The second-order valence-corrected chi connectivity index (χ2v) is 6.63. The van der Waals surface area contributed by atoms with Crippen molar-refractivity contribution in [3.63, 3.8) is 0 Å². The molecule has 2 aromatic carbocycles. The average molecular weight is 428 g/mol. The van der Waals surface area contributed by atoms with Crippen LogP contribution in [0.15, 0.2) is 64.3 Å². The number of rotatable bonds is 6. The zero-order valence-corrected chi connectivity index (χ0v) is 16.4. The van der Waals surface area contributed by atoms with Crippen molar-refractivity contribution in [2.24, 2.45) is 5.10 Å². The summed E-state index contributed by atoms with van der Waals surface area (Å²) in [5.41, 5.74) is 3.93. The van der Waals surface area contributed by atoms with E-state index in [4.69, 9.17) is 9.47 Å². The predicted molar refractivity (Wildman–Crippen MR) is 108 cm³/mol. The van der Waals surface area contributed by atoms with Gasteiger partial charge in [0, 0.05) is 21.6 Å². The number of carbonyl (C=O) groups excluding carboxylic acids is 1. The molecule has 1 unspecified atom stereocenters. The molecule has 27 heavy (non-hydrogen) atoms. The summed E-state index contributed by atoms with van der Waals surface area (Å²) in [7, 11) is 1.58. The van der Waals surface area contributed by atoms with E-state index in [-0.39, 0.29) is 5.91 Å². The molecular weight excluding hydrogens is 410 g/mol. The van der Waals surface area contributed by atoms with Crippen LogP contribution in [0, 0.1) is 0 Å². The number of hydrogen-bond donors (Lipinski definition) is 1. The highest BCUT2D eigenvalue weighted by atomic mass is 79.9. The Morgan fingerprint density at radius 2 is 2.04 bits per heavy atom. The summed E-state index contributed by atoms with van der Waals surface area (Å²) >= 11 is 3.40. The fourth-order valence-corrected chi connectivity index (χ4v) is 2.86. The molecule has 1 N–H and O–H groups in total. The van der Waals surface area contributed by atoms with Crippen molar-refractivity contribution in [2.45, 2.75) is 13.0 Å². The van der Waals surface area contributed by atoms with Gasteiger partial charge in [0.1, 0.15) is 17.0 Å². The maximum atomic E-state index is 12.3. The molecule has 1 heterocycles. The van der Waals surface area contributed by atoms with Crippen molar-refractivity contribution >= 4 is 39.0 Å². The summed E-state index contributed by atoms with van der Waals surface area (Å²) in [6.07, 6.45) is 2.47. The van der Waals surface area contributed by atoms with Gasteiger partial charge in [-0.2, -0.15) is 5.10 Å². The topological polar surface area (TPSA) is 72.8 Å². The Hall–Kier alpha value is -2.93. The number of fused-ring (bicyclic) bond motifs is 1. The van der Waals surface area contributed by atoms with Gasteiger partial charge in [-0.25, -0.2) is 5.43 Å². The van der Waals surface area contributed by atoms with E-state index in [2.05, 4.69) is 31.4 Å². The SMILES string of the molecule is COc1ccc(Br)cc1C=NNC(=O)C(C)Oc1cccc2cccnc12. The minimum atomic E-state index is -0.737. The highest BCUT2D eigenvalue weighted by molar-refractivity contribution is 9.10. The number of benzene rings is 2. The molecule has 0 spiro atoms. The maximum Gasteiger partial charge on any atom is 0.280 e. The van der Waals surface area contributed by atoms with Crippen LogP contribution in [0.3, 0.4) is 0 Å². The molecule has 1 amide bonds. The van der Waals surface area contributed by atoms with Gasteiger partial charge in [-0.05, 0) is 37.3 Å². The fourth-order valence-electron chi connectivity index (χ4n) is 2.48. The van der Waals surface area contributed by atoms with Gasteiger partial charge in [-0.1, -0.05) is 34.1 Å². The maximum absolute atomic E-state index is 12.3. The van der Waals surface area contributed by atoms with Gasteiger partial charge in [-0.3, -0.25) is 9.78 Å². The number of methoxy groups -OCH3 is 1. The normalized spacial score (nSPS) is 12.1. The number of carbonyl (C=O) groups is 1. The van der Waals surface area contributed by atoms with Crippen molar-refractivity contribution < 1.29 is 14.3 Å². The molecule has 1 aromatic heterocycles. The third kappa shape index (κ3) is 4.62. The second-order valence-electron chi connectivity index (χ2n) is 5.71. The molecule has 0 aliphatic rings. The molecule has 0 aliphatic carbocycles. The van der Waals surface area contributed by atoms with Crippen molar-refractivity contribution in [3.8, 4) is 11.5 Å². The lowest BCUT2D eigenvalue weighted by Gasteiger charge is -2.14. The van der Waals surface area contributed by atoms with Gasteiger partial charge in [0.05, 0.1) is 13.3 Å². The number of ether oxygens (including phenoxy) is 2. The smallest absolute Gasteiger partial charge is 0.280 e. The number of aromatic nitrogens is 1. The van der Waals surface area contributed by atoms with E-state index < -0.39 is 6.10 Å². The molecule has 7 heteroatoms. The van der Waals surface area contributed by atoms with Gasteiger partial charge in [0.2, 0.25) is 0 Å². The van der Waals surface area contributed by atoms with Crippen LogP contribution in [0.25, 0.3) is 10.9 Å². The Morgan fingerprint density at radius 1 is 1.22 bits per heavy atom. The van der Waals surface area contributed by atoms with E-state index in [0.29, 0.717) is 17.0 Å². The highest BCUT2D eigenvalue weighted by Gasteiger charge is 2.15. The number of nitrogens with one attached hydrogen (secondary N) is 1. The molecule has 0 saturated carbocycles. The first-order valence-electron chi connectivity index (χ1n) is 8.25. The molecule has 138 valence electrons. The Morgan fingerprint density at radius 3 is 2.85 bits per heavy atom.